The molecular weight excluding hydrogens is 390 g/mol. The number of fused-ring (bicyclic) bond motifs is 2. The number of nitrogens with zero attached hydrogens (tertiary/aromatic N) is 5. The van der Waals surface area contributed by atoms with Crippen molar-refractivity contribution in [3.05, 3.63) is 42.2 Å². The summed E-state index contributed by atoms with van der Waals surface area (Å²) in [6, 6.07) is 5.47. The maximum atomic E-state index is 14.8. The minimum absolute atomic E-state index is 0.0798. The van der Waals surface area contributed by atoms with Crippen LogP contribution in [-0.2, 0) is 4.74 Å². The number of aryl methyl sites for hydroxylation is 1. The van der Waals surface area contributed by atoms with E-state index in [4.69, 9.17) is 4.74 Å². The van der Waals surface area contributed by atoms with Crippen LogP contribution in [0, 0.1) is 12.7 Å². The number of benzene rings is 1. The van der Waals surface area contributed by atoms with E-state index >= 15 is 0 Å². The van der Waals surface area contributed by atoms with Gasteiger partial charge in [-0.3, -0.25) is 0 Å². The lowest BCUT2D eigenvalue weighted by Crippen LogP contribution is -2.50. The van der Waals surface area contributed by atoms with Gasteiger partial charge >= 0.3 is 0 Å². The molecule has 1 aliphatic heterocycles. The van der Waals surface area contributed by atoms with Crippen LogP contribution in [0.5, 0.6) is 0 Å². The van der Waals surface area contributed by atoms with Gasteiger partial charge in [-0.25, -0.2) is 23.3 Å². The van der Waals surface area contributed by atoms with E-state index in [1.807, 2.05) is 37.5 Å². The zero-order chi connectivity index (χ0) is 21.0. The summed E-state index contributed by atoms with van der Waals surface area (Å²) in [7, 11) is 0. The second-order valence-electron chi connectivity index (χ2n) is 8.09. The van der Waals surface area contributed by atoms with Crippen LogP contribution in [0.3, 0.4) is 0 Å². The normalized spacial score (nSPS) is 15.8. The highest BCUT2D eigenvalue weighted by molar-refractivity contribution is 5.88. The molecule has 0 spiro atoms. The van der Waals surface area contributed by atoms with Gasteiger partial charge in [0.25, 0.3) is 0 Å². The van der Waals surface area contributed by atoms with Gasteiger partial charge in [0.1, 0.15) is 11.3 Å². The maximum Gasteiger partial charge on any atom is 0.241 e. The van der Waals surface area contributed by atoms with Crippen molar-refractivity contribution in [2.45, 2.75) is 32.5 Å². The lowest BCUT2D eigenvalue weighted by atomic mass is 10.1. The Morgan fingerprint density at radius 3 is 2.77 bits per heavy atom. The molecule has 0 amide bonds. The molecule has 0 atom stereocenters. The summed E-state index contributed by atoms with van der Waals surface area (Å²) in [5, 5.41) is 7.31. The molecule has 1 fully saturated rings. The van der Waals surface area contributed by atoms with Gasteiger partial charge in [0.05, 0.1) is 37.0 Å². The second-order valence-corrected chi connectivity index (χ2v) is 8.09. The number of hydrogen-bond donors (Lipinski definition) is 1. The Labute approximate surface area is 171 Å². The van der Waals surface area contributed by atoms with E-state index < -0.39 is 5.67 Å². The van der Waals surface area contributed by atoms with Crippen molar-refractivity contribution in [3.8, 4) is 11.1 Å². The van der Waals surface area contributed by atoms with Gasteiger partial charge < -0.3 is 14.6 Å². The Bertz CT molecular complexity index is 1260. The van der Waals surface area contributed by atoms with Crippen LogP contribution < -0.4 is 5.32 Å². The Morgan fingerprint density at radius 1 is 1.27 bits per heavy atom. The average Bonchev–Trinajstić information content (AvgIpc) is 3.25. The molecule has 7 nitrogen and oxygen atoms in total. The number of imidazole rings is 1. The SMILES string of the molecule is Cc1nc2c(F)cc(-c3ccn4nc(NCC5(F)COC5)ncc34)cc2n1C(C)C. The fourth-order valence-electron chi connectivity index (χ4n) is 3.96. The monoisotopic (exact) mass is 412 g/mol. The minimum Gasteiger partial charge on any atom is -0.374 e. The molecule has 1 aliphatic rings. The summed E-state index contributed by atoms with van der Waals surface area (Å²) in [6.45, 7) is 6.23. The molecule has 0 saturated carbocycles. The molecule has 4 aromatic rings. The molecule has 3 aromatic heterocycles. The van der Waals surface area contributed by atoms with Crippen molar-refractivity contribution in [3.63, 3.8) is 0 Å². The van der Waals surface area contributed by atoms with Crippen molar-refractivity contribution in [2.75, 3.05) is 25.1 Å². The van der Waals surface area contributed by atoms with E-state index in [1.165, 1.54) is 6.07 Å². The fourth-order valence-corrected chi connectivity index (χ4v) is 3.96. The van der Waals surface area contributed by atoms with Gasteiger partial charge in [0.15, 0.2) is 11.5 Å². The number of ether oxygens (including phenoxy) is 1. The molecule has 0 radical (unpaired) electrons. The third-order valence-electron chi connectivity index (χ3n) is 5.45. The molecular formula is C21H22F2N6O. The molecule has 1 N–H and O–H groups in total. The molecule has 156 valence electrons. The topological polar surface area (TPSA) is 69.3 Å². The Kier molecular flexibility index (Phi) is 4.25. The number of hydrogen-bond acceptors (Lipinski definition) is 5. The number of alkyl halides is 1. The Hall–Kier alpha value is -3.07. The predicted octanol–water partition coefficient (Wildman–Crippen LogP) is 3.92. The molecule has 1 aromatic carbocycles. The molecule has 1 saturated heterocycles. The standard InChI is InChI=1S/C21H22F2N6O/c1-12(2)29-13(3)26-19-16(22)6-14(7-17(19)29)15-4-5-28-18(15)8-24-20(27-28)25-9-21(23)10-30-11-21/h4-8,12H,9-11H2,1-3H3,(H,25,27). The van der Waals surface area contributed by atoms with Crippen molar-refractivity contribution in [1.29, 1.82) is 0 Å². The number of anilines is 1. The average molecular weight is 412 g/mol. The van der Waals surface area contributed by atoms with Crippen molar-refractivity contribution < 1.29 is 13.5 Å². The largest absolute Gasteiger partial charge is 0.374 e. The quantitative estimate of drug-likeness (QED) is 0.538. The van der Waals surface area contributed by atoms with E-state index in [9.17, 15) is 8.78 Å². The molecule has 30 heavy (non-hydrogen) atoms. The predicted molar refractivity (Wildman–Crippen MR) is 110 cm³/mol. The second kappa shape index (κ2) is 6.73. The highest BCUT2D eigenvalue weighted by atomic mass is 19.1. The molecule has 0 bridgehead atoms. The third kappa shape index (κ3) is 3.00. The summed E-state index contributed by atoms with van der Waals surface area (Å²) in [6.07, 6.45) is 3.43. The smallest absolute Gasteiger partial charge is 0.241 e. The van der Waals surface area contributed by atoms with Gasteiger partial charge in [-0.15, -0.1) is 5.10 Å². The zero-order valence-electron chi connectivity index (χ0n) is 17.0. The maximum absolute atomic E-state index is 14.8. The highest BCUT2D eigenvalue weighted by Crippen LogP contribution is 2.32. The fraction of sp³-hybridized carbons (Fsp3) is 0.381. The number of aromatic nitrogens is 5. The lowest BCUT2D eigenvalue weighted by Gasteiger charge is -2.33. The van der Waals surface area contributed by atoms with Crippen LogP contribution >= 0.6 is 0 Å². The van der Waals surface area contributed by atoms with Crippen LogP contribution in [-0.4, -0.2) is 49.6 Å². The Morgan fingerprint density at radius 2 is 2.07 bits per heavy atom. The summed E-state index contributed by atoms with van der Waals surface area (Å²) in [5.74, 6) is 0.738. The van der Waals surface area contributed by atoms with Gasteiger partial charge in [-0.2, -0.15) is 0 Å². The van der Waals surface area contributed by atoms with E-state index in [0.717, 1.165) is 28.0 Å². The molecule has 4 heterocycles. The van der Waals surface area contributed by atoms with Crippen molar-refractivity contribution in [1.82, 2.24) is 24.1 Å². The Balaban J connectivity index is 1.53. The number of halogens is 2. The van der Waals surface area contributed by atoms with Crippen LogP contribution in [0.15, 0.2) is 30.6 Å². The van der Waals surface area contributed by atoms with E-state index in [2.05, 4.69) is 20.4 Å². The van der Waals surface area contributed by atoms with E-state index in [1.54, 1.807) is 16.9 Å². The van der Waals surface area contributed by atoms with Gasteiger partial charge in [-0.1, -0.05) is 0 Å². The number of nitrogens with one attached hydrogen (secondary N) is 1. The first-order valence-electron chi connectivity index (χ1n) is 9.88. The molecule has 0 aliphatic carbocycles. The van der Waals surface area contributed by atoms with Crippen molar-refractivity contribution >= 4 is 22.5 Å². The lowest BCUT2D eigenvalue weighted by molar-refractivity contribution is -0.121. The summed E-state index contributed by atoms with van der Waals surface area (Å²) < 4.78 is 37.5. The first-order valence-corrected chi connectivity index (χ1v) is 9.88. The first kappa shape index (κ1) is 18.9. The summed E-state index contributed by atoms with van der Waals surface area (Å²) in [4.78, 5) is 8.69. The molecule has 9 heteroatoms. The summed E-state index contributed by atoms with van der Waals surface area (Å²) in [5.41, 5.74) is 2.02. The number of rotatable bonds is 5. The molecule has 0 unspecified atom stereocenters. The van der Waals surface area contributed by atoms with Crippen LogP contribution in [0.4, 0.5) is 14.7 Å². The minimum atomic E-state index is -1.37. The van der Waals surface area contributed by atoms with Gasteiger partial charge in [0, 0.05) is 17.8 Å². The summed E-state index contributed by atoms with van der Waals surface area (Å²) >= 11 is 0. The van der Waals surface area contributed by atoms with Crippen LogP contribution in [0.2, 0.25) is 0 Å². The molecule has 5 rings (SSSR count). The highest BCUT2D eigenvalue weighted by Gasteiger charge is 2.38. The first-order chi connectivity index (χ1) is 14.3. The van der Waals surface area contributed by atoms with Crippen molar-refractivity contribution in [2.24, 2.45) is 0 Å². The van der Waals surface area contributed by atoms with Gasteiger partial charge in [-0.05, 0) is 44.5 Å². The van der Waals surface area contributed by atoms with E-state index in [-0.39, 0.29) is 31.6 Å². The van der Waals surface area contributed by atoms with E-state index in [0.29, 0.717) is 11.5 Å². The van der Waals surface area contributed by atoms with Crippen LogP contribution in [0.25, 0.3) is 27.7 Å². The third-order valence-corrected chi connectivity index (χ3v) is 5.45. The van der Waals surface area contributed by atoms with Crippen LogP contribution in [0.1, 0.15) is 25.7 Å². The zero-order valence-corrected chi connectivity index (χ0v) is 17.0. The van der Waals surface area contributed by atoms with Gasteiger partial charge in [0.2, 0.25) is 5.95 Å².